The van der Waals surface area contributed by atoms with E-state index in [1.54, 1.807) is 18.2 Å². The van der Waals surface area contributed by atoms with Crippen LogP contribution in [0.15, 0.2) is 36.4 Å². The summed E-state index contributed by atoms with van der Waals surface area (Å²) in [5.41, 5.74) is 4.41. The first-order valence-corrected chi connectivity index (χ1v) is 5.73. The fraction of sp³-hybridized carbons (Fsp3) is 0.133. The first-order chi connectivity index (χ1) is 8.61. The lowest BCUT2D eigenvalue weighted by atomic mass is 10.1. The number of nitrogens with one attached hydrogen (secondary N) is 1. The van der Waals surface area contributed by atoms with Crippen molar-refractivity contribution in [3.63, 3.8) is 0 Å². The number of anilines is 2. The molecule has 18 heavy (non-hydrogen) atoms. The van der Waals surface area contributed by atoms with E-state index in [9.17, 15) is 9.90 Å². The molecule has 3 heteroatoms. The second kappa shape index (κ2) is 4.92. The van der Waals surface area contributed by atoms with Crippen molar-refractivity contribution < 1.29 is 9.90 Å². The highest BCUT2D eigenvalue weighted by Gasteiger charge is 2.04. The molecule has 0 spiro atoms. The fourth-order valence-electron chi connectivity index (χ4n) is 1.76. The molecule has 2 N–H and O–H groups in total. The van der Waals surface area contributed by atoms with E-state index in [2.05, 4.69) is 5.32 Å². The summed E-state index contributed by atoms with van der Waals surface area (Å²) in [6.07, 6.45) is 0.636. The van der Waals surface area contributed by atoms with Crippen LogP contribution < -0.4 is 5.32 Å². The van der Waals surface area contributed by atoms with Gasteiger partial charge < -0.3 is 10.4 Å². The van der Waals surface area contributed by atoms with E-state index in [0.29, 0.717) is 11.8 Å². The SMILES string of the molecule is Cc1cccc(Nc2ccc(C=O)c(O)c2)c1C. The number of rotatable bonds is 3. The van der Waals surface area contributed by atoms with Crippen molar-refractivity contribution in [2.24, 2.45) is 0 Å². The number of carbonyl (C=O) groups is 1. The van der Waals surface area contributed by atoms with Gasteiger partial charge in [0.1, 0.15) is 5.75 Å². The molecule has 3 nitrogen and oxygen atoms in total. The van der Waals surface area contributed by atoms with E-state index in [4.69, 9.17) is 0 Å². The first kappa shape index (κ1) is 12.2. The van der Waals surface area contributed by atoms with E-state index in [1.807, 2.05) is 32.0 Å². The van der Waals surface area contributed by atoms with Gasteiger partial charge in [-0.05, 0) is 43.2 Å². The second-order valence-corrected chi connectivity index (χ2v) is 4.26. The molecule has 0 heterocycles. The Hall–Kier alpha value is -2.29. The highest BCUT2D eigenvalue weighted by Crippen LogP contribution is 2.26. The fourth-order valence-corrected chi connectivity index (χ4v) is 1.76. The average molecular weight is 241 g/mol. The summed E-state index contributed by atoms with van der Waals surface area (Å²) in [6.45, 7) is 4.09. The Labute approximate surface area is 106 Å². The molecule has 0 aliphatic heterocycles. The Morgan fingerprint density at radius 2 is 1.94 bits per heavy atom. The minimum Gasteiger partial charge on any atom is -0.507 e. The standard InChI is InChI=1S/C15H15NO2/c1-10-4-3-5-14(11(10)2)16-13-7-6-12(9-17)15(18)8-13/h3-9,16,18H,1-2H3. The quantitative estimate of drug-likeness (QED) is 0.808. The van der Waals surface area contributed by atoms with Crippen molar-refractivity contribution in [3.8, 4) is 5.75 Å². The smallest absolute Gasteiger partial charge is 0.153 e. The van der Waals surface area contributed by atoms with Crippen LogP contribution in [0.4, 0.5) is 11.4 Å². The number of aryl methyl sites for hydroxylation is 1. The van der Waals surface area contributed by atoms with E-state index in [1.165, 1.54) is 5.56 Å². The van der Waals surface area contributed by atoms with E-state index in [0.717, 1.165) is 16.9 Å². The molecule has 2 aromatic carbocycles. The minimum absolute atomic E-state index is 0.0136. The third kappa shape index (κ3) is 2.35. The van der Waals surface area contributed by atoms with Gasteiger partial charge in [0.2, 0.25) is 0 Å². The van der Waals surface area contributed by atoms with E-state index < -0.39 is 0 Å². The molecule has 0 fully saturated rings. The number of hydrogen-bond donors (Lipinski definition) is 2. The predicted octanol–water partition coefficient (Wildman–Crippen LogP) is 3.57. The molecule has 0 unspecified atom stereocenters. The lowest BCUT2D eigenvalue weighted by Gasteiger charge is -2.12. The summed E-state index contributed by atoms with van der Waals surface area (Å²) >= 11 is 0. The first-order valence-electron chi connectivity index (χ1n) is 5.73. The van der Waals surface area contributed by atoms with Gasteiger partial charge in [0, 0.05) is 17.4 Å². The normalized spacial score (nSPS) is 10.1. The molecule has 0 amide bonds. The molecule has 0 saturated heterocycles. The zero-order valence-electron chi connectivity index (χ0n) is 10.4. The maximum Gasteiger partial charge on any atom is 0.153 e. The number of hydrogen-bond acceptors (Lipinski definition) is 3. The van der Waals surface area contributed by atoms with Crippen molar-refractivity contribution in [2.75, 3.05) is 5.32 Å². The molecule has 0 aromatic heterocycles. The van der Waals surface area contributed by atoms with Crippen LogP contribution in [0.25, 0.3) is 0 Å². The summed E-state index contributed by atoms with van der Waals surface area (Å²) in [6, 6.07) is 10.9. The monoisotopic (exact) mass is 241 g/mol. The molecule has 92 valence electrons. The molecular weight excluding hydrogens is 226 g/mol. The van der Waals surface area contributed by atoms with Crippen LogP contribution >= 0.6 is 0 Å². The van der Waals surface area contributed by atoms with Crippen LogP contribution in [0, 0.1) is 13.8 Å². The maximum atomic E-state index is 10.6. The molecule has 2 aromatic rings. The largest absolute Gasteiger partial charge is 0.507 e. The lowest BCUT2D eigenvalue weighted by molar-refractivity contribution is 0.112. The molecule has 0 aliphatic rings. The molecule has 0 radical (unpaired) electrons. The van der Waals surface area contributed by atoms with Crippen LogP contribution in [0.1, 0.15) is 21.5 Å². The van der Waals surface area contributed by atoms with Gasteiger partial charge in [0.25, 0.3) is 0 Å². The number of benzene rings is 2. The van der Waals surface area contributed by atoms with Gasteiger partial charge in [-0.1, -0.05) is 12.1 Å². The lowest BCUT2D eigenvalue weighted by Crippen LogP contribution is -1.95. The Morgan fingerprint density at radius 3 is 2.61 bits per heavy atom. The van der Waals surface area contributed by atoms with Gasteiger partial charge in [-0.15, -0.1) is 0 Å². The molecule has 0 bridgehead atoms. The molecule has 2 rings (SSSR count). The van der Waals surface area contributed by atoms with Crippen molar-refractivity contribution in [2.45, 2.75) is 13.8 Å². The van der Waals surface area contributed by atoms with Crippen LogP contribution in [0.2, 0.25) is 0 Å². The molecule has 0 aliphatic carbocycles. The Morgan fingerprint density at radius 1 is 1.17 bits per heavy atom. The van der Waals surface area contributed by atoms with Gasteiger partial charge in [-0.2, -0.15) is 0 Å². The van der Waals surface area contributed by atoms with Crippen LogP contribution in [0.3, 0.4) is 0 Å². The Balaban J connectivity index is 2.31. The van der Waals surface area contributed by atoms with Crippen molar-refractivity contribution in [1.82, 2.24) is 0 Å². The topological polar surface area (TPSA) is 49.3 Å². The summed E-state index contributed by atoms with van der Waals surface area (Å²) in [5, 5.41) is 12.9. The van der Waals surface area contributed by atoms with Crippen LogP contribution in [0.5, 0.6) is 5.75 Å². The van der Waals surface area contributed by atoms with Gasteiger partial charge in [0.05, 0.1) is 5.56 Å². The van der Waals surface area contributed by atoms with Gasteiger partial charge >= 0.3 is 0 Å². The van der Waals surface area contributed by atoms with Crippen molar-refractivity contribution >= 4 is 17.7 Å². The van der Waals surface area contributed by atoms with Crippen LogP contribution in [-0.4, -0.2) is 11.4 Å². The average Bonchev–Trinajstić information content (AvgIpc) is 2.35. The maximum absolute atomic E-state index is 10.6. The van der Waals surface area contributed by atoms with Crippen LogP contribution in [-0.2, 0) is 0 Å². The number of phenols is 1. The zero-order chi connectivity index (χ0) is 13.1. The molecule has 0 atom stereocenters. The van der Waals surface area contributed by atoms with E-state index in [-0.39, 0.29) is 5.75 Å². The minimum atomic E-state index is -0.0136. The van der Waals surface area contributed by atoms with Crippen molar-refractivity contribution in [3.05, 3.63) is 53.1 Å². The van der Waals surface area contributed by atoms with E-state index >= 15 is 0 Å². The Bertz CT molecular complexity index is 591. The third-order valence-corrected chi connectivity index (χ3v) is 3.04. The molecular formula is C15H15NO2. The van der Waals surface area contributed by atoms with Gasteiger partial charge in [-0.25, -0.2) is 0 Å². The highest BCUT2D eigenvalue weighted by atomic mass is 16.3. The number of phenolic OH excluding ortho intramolecular Hbond substituents is 1. The van der Waals surface area contributed by atoms with Gasteiger partial charge in [0.15, 0.2) is 6.29 Å². The molecule has 0 saturated carbocycles. The number of carbonyl (C=O) groups excluding carboxylic acids is 1. The third-order valence-electron chi connectivity index (χ3n) is 3.04. The van der Waals surface area contributed by atoms with Gasteiger partial charge in [-0.3, -0.25) is 4.79 Å². The second-order valence-electron chi connectivity index (χ2n) is 4.26. The summed E-state index contributed by atoms with van der Waals surface area (Å²) in [5.74, 6) is -0.0136. The summed E-state index contributed by atoms with van der Waals surface area (Å²) in [7, 11) is 0. The predicted molar refractivity (Wildman–Crippen MR) is 72.7 cm³/mol. The highest BCUT2D eigenvalue weighted by molar-refractivity contribution is 5.81. The summed E-state index contributed by atoms with van der Waals surface area (Å²) < 4.78 is 0. The number of aromatic hydroxyl groups is 1. The van der Waals surface area contributed by atoms with Crippen molar-refractivity contribution in [1.29, 1.82) is 0 Å². The number of aldehydes is 1. The Kier molecular flexibility index (Phi) is 3.33. The summed E-state index contributed by atoms with van der Waals surface area (Å²) in [4.78, 5) is 10.6. The zero-order valence-corrected chi connectivity index (χ0v) is 10.4.